The highest BCUT2D eigenvalue weighted by atomic mass is 19.4. The van der Waals surface area contributed by atoms with E-state index in [1.807, 2.05) is 6.07 Å². The quantitative estimate of drug-likeness (QED) is 0.360. The number of nitrogen functional groups attached to an aromatic ring is 1. The molecule has 0 saturated heterocycles. The van der Waals surface area contributed by atoms with Gasteiger partial charge in [0.25, 0.3) is 0 Å². The van der Waals surface area contributed by atoms with Gasteiger partial charge in [0, 0.05) is 24.2 Å². The molecule has 0 saturated carbocycles. The van der Waals surface area contributed by atoms with Crippen LogP contribution in [0.15, 0.2) is 54.7 Å². The number of benzene rings is 2. The fourth-order valence-corrected chi connectivity index (χ4v) is 4.10. The van der Waals surface area contributed by atoms with Crippen molar-refractivity contribution in [2.24, 2.45) is 0 Å². The van der Waals surface area contributed by atoms with Crippen LogP contribution in [0.2, 0.25) is 0 Å². The number of amides is 1. The van der Waals surface area contributed by atoms with Crippen molar-refractivity contribution in [3.63, 3.8) is 0 Å². The Morgan fingerprint density at radius 1 is 1.11 bits per heavy atom. The monoisotopic (exact) mass is 517 g/mol. The van der Waals surface area contributed by atoms with E-state index in [1.54, 1.807) is 37.4 Å². The summed E-state index contributed by atoms with van der Waals surface area (Å²) in [6.07, 6.45) is -2.97. The van der Waals surface area contributed by atoms with Crippen molar-refractivity contribution >= 4 is 23.5 Å². The summed E-state index contributed by atoms with van der Waals surface area (Å²) in [7, 11) is 0. The van der Waals surface area contributed by atoms with Gasteiger partial charge >= 0.3 is 6.18 Å². The van der Waals surface area contributed by atoms with Crippen LogP contribution in [-0.2, 0) is 11.0 Å². The molecule has 0 bridgehead atoms. The van der Waals surface area contributed by atoms with Crippen molar-refractivity contribution in [3.05, 3.63) is 71.4 Å². The molecule has 2 aromatic carbocycles. The molecule has 38 heavy (non-hydrogen) atoms. The van der Waals surface area contributed by atoms with Gasteiger partial charge in [-0.2, -0.15) is 28.4 Å². The molecule has 0 aliphatic carbocycles. The molecule has 0 aliphatic rings. The summed E-state index contributed by atoms with van der Waals surface area (Å²) in [6, 6.07) is 13.5. The zero-order valence-electron chi connectivity index (χ0n) is 19.9. The Hall–Kier alpha value is -5.25. The number of carbonyl (C=O) groups is 1. The van der Waals surface area contributed by atoms with Crippen LogP contribution in [0.4, 0.5) is 25.1 Å². The van der Waals surface area contributed by atoms with Gasteiger partial charge < -0.3 is 5.73 Å². The molecule has 5 rings (SSSR count). The van der Waals surface area contributed by atoms with Crippen LogP contribution in [0.5, 0.6) is 0 Å². The first kappa shape index (κ1) is 24.4. The Morgan fingerprint density at radius 3 is 2.50 bits per heavy atom. The maximum atomic E-state index is 13.6. The molecule has 1 amide bonds. The Kier molecular flexibility index (Phi) is 5.79. The number of hydrogen-bond donors (Lipinski definition) is 2. The van der Waals surface area contributed by atoms with E-state index in [4.69, 9.17) is 11.0 Å². The first-order valence-corrected chi connectivity index (χ1v) is 11.1. The number of nitrogens with two attached hydrogens (primary N) is 1. The minimum absolute atomic E-state index is 0.0182. The predicted molar refractivity (Wildman–Crippen MR) is 132 cm³/mol. The number of alkyl halides is 3. The maximum absolute atomic E-state index is 13.6. The lowest BCUT2D eigenvalue weighted by Gasteiger charge is -2.15. The second-order valence-corrected chi connectivity index (χ2v) is 8.37. The highest BCUT2D eigenvalue weighted by Gasteiger charge is 2.31. The van der Waals surface area contributed by atoms with Crippen LogP contribution in [0.1, 0.15) is 23.6 Å². The van der Waals surface area contributed by atoms with Crippen molar-refractivity contribution in [2.45, 2.75) is 20.0 Å². The number of nitrogens with one attached hydrogen (secondary N) is 1. The Morgan fingerprint density at radius 2 is 1.84 bits per heavy atom. The number of nitriles is 1. The summed E-state index contributed by atoms with van der Waals surface area (Å²) in [5, 5.41) is 20.2. The van der Waals surface area contributed by atoms with Gasteiger partial charge in [0.05, 0.1) is 22.9 Å². The zero-order valence-corrected chi connectivity index (χ0v) is 19.9. The lowest BCUT2D eigenvalue weighted by Crippen LogP contribution is -2.07. The van der Waals surface area contributed by atoms with Crippen molar-refractivity contribution in [3.8, 4) is 34.3 Å². The lowest BCUT2D eigenvalue weighted by atomic mass is 9.96. The predicted octanol–water partition coefficient (Wildman–Crippen LogP) is 4.38. The number of pyridine rings is 1. The van der Waals surface area contributed by atoms with Crippen LogP contribution in [0.3, 0.4) is 0 Å². The molecule has 0 spiro atoms. The van der Waals surface area contributed by atoms with E-state index in [0.717, 1.165) is 12.1 Å². The van der Waals surface area contributed by atoms with Crippen LogP contribution >= 0.6 is 0 Å². The van der Waals surface area contributed by atoms with E-state index in [0.29, 0.717) is 27.9 Å². The van der Waals surface area contributed by atoms with E-state index in [-0.39, 0.29) is 28.9 Å². The lowest BCUT2D eigenvalue weighted by molar-refractivity contribution is -0.137. The van der Waals surface area contributed by atoms with Gasteiger partial charge in [-0.3, -0.25) is 10.1 Å². The Labute approximate surface area is 213 Å². The molecular weight excluding hydrogens is 499 g/mol. The van der Waals surface area contributed by atoms with E-state index in [9.17, 15) is 18.0 Å². The largest absolute Gasteiger partial charge is 0.416 e. The molecule has 0 aliphatic heterocycles. The van der Waals surface area contributed by atoms with Gasteiger partial charge in [-0.25, -0.2) is 9.20 Å². The first-order valence-electron chi connectivity index (χ1n) is 11.1. The third kappa shape index (κ3) is 4.39. The highest BCUT2D eigenvalue weighted by molar-refractivity contribution is 5.89. The number of rotatable bonds is 4. The molecule has 5 aromatic rings. The van der Waals surface area contributed by atoms with Crippen LogP contribution in [0, 0.1) is 18.3 Å². The molecular formula is C25H18F3N9O. The number of halogens is 3. The van der Waals surface area contributed by atoms with Gasteiger partial charge in [-0.05, 0) is 54.4 Å². The normalized spacial score (nSPS) is 11.5. The molecule has 0 unspecified atom stereocenters. The van der Waals surface area contributed by atoms with Crippen LogP contribution < -0.4 is 11.1 Å². The number of anilines is 2. The third-order valence-electron chi connectivity index (χ3n) is 5.76. The zero-order chi connectivity index (χ0) is 27.2. The minimum Gasteiger partial charge on any atom is -0.366 e. The summed E-state index contributed by atoms with van der Waals surface area (Å²) in [4.78, 5) is 20.4. The summed E-state index contributed by atoms with van der Waals surface area (Å²) >= 11 is 0. The molecule has 0 radical (unpaired) electrons. The van der Waals surface area contributed by atoms with Gasteiger partial charge in [-0.1, -0.05) is 12.1 Å². The molecule has 3 aromatic heterocycles. The average Bonchev–Trinajstić information content (AvgIpc) is 3.45. The van der Waals surface area contributed by atoms with Crippen molar-refractivity contribution in [1.29, 1.82) is 5.26 Å². The highest BCUT2D eigenvalue weighted by Crippen LogP contribution is 2.38. The number of nitrogens with zero attached hydrogens (tertiary/aromatic N) is 7. The number of fused-ring (bicyclic) bond motifs is 1. The smallest absolute Gasteiger partial charge is 0.366 e. The molecule has 13 heteroatoms. The first-order chi connectivity index (χ1) is 18.0. The second-order valence-electron chi connectivity index (χ2n) is 8.37. The van der Waals surface area contributed by atoms with Crippen molar-refractivity contribution in [2.75, 3.05) is 11.1 Å². The minimum atomic E-state index is -4.56. The average molecular weight is 517 g/mol. The van der Waals surface area contributed by atoms with Crippen LogP contribution in [0.25, 0.3) is 33.8 Å². The third-order valence-corrected chi connectivity index (χ3v) is 5.76. The van der Waals surface area contributed by atoms with E-state index < -0.39 is 17.6 Å². The molecule has 3 N–H and O–H groups in total. The van der Waals surface area contributed by atoms with Gasteiger partial charge in [0.1, 0.15) is 0 Å². The number of carbonyl (C=O) groups excluding carboxylic acids is 1. The molecule has 3 heterocycles. The molecule has 0 atom stereocenters. The van der Waals surface area contributed by atoms with Crippen molar-refractivity contribution in [1.82, 2.24) is 29.4 Å². The molecule has 10 nitrogen and oxygen atoms in total. The molecule has 0 fully saturated rings. The van der Waals surface area contributed by atoms with E-state index in [2.05, 4.69) is 25.5 Å². The van der Waals surface area contributed by atoms with Gasteiger partial charge in [0.2, 0.25) is 17.8 Å². The number of hydrogen-bond acceptors (Lipinski definition) is 7. The van der Waals surface area contributed by atoms with Gasteiger partial charge in [0.15, 0.2) is 11.5 Å². The van der Waals surface area contributed by atoms with Gasteiger partial charge in [-0.15, -0.1) is 10.2 Å². The van der Waals surface area contributed by atoms with E-state index >= 15 is 0 Å². The maximum Gasteiger partial charge on any atom is 0.416 e. The summed E-state index contributed by atoms with van der Waals surface area (Å²) in [6.45, 7) is 3.00. The standard InChI is InChI=1S/C25H18F3N9O/c1-13-19(21-32-23(30)34-37(21)18-8-6-15(11-29)7-9-18)12-36-22(33-24(35-36)31-14(2)38)20(13)16-4-3-5-17(10-16)25(26,27)28/h3-10,12H,1-2H3,(H2,30,34)(H,31,35,38). The van der Waals surface area contributed by atoms with Crippen LogP contribution in [-0.4, -0.2) is 35.3 Å². The Balaban J connectivity index is 1.79. The fraction of sp³-hybridized carbons (Fsp3) is 0.120. The number of aromatic nitrogens is 6. The second kappa shape index (κ2) is 9.00. The summed E-state index contributed by atoms with van der Waals surface area (Å²) < 4.78 is 43.5. The SMILES string of the molecule is CC(=O)Nc1nc2c(-c3cccc(C(F)(F)F)c3)c(C)c(-c3nc(N)nn3-c3ccc(C#N)cc3)cn2n1. The van der Waals surface area contributed by atoms with E-state index in [1.165, 1.54) is 28.3 Å². The molecule has 190 valence electrons. The topological polar surface area (TPSA) is 140 Å². The summed E-state index contributed by atoms with van der Waals surface area (Å²) in [5.74, 6) is -0.180. The van der Waals surface area contributed by atoms with Crippen molar-refractivity contribution < 1.29 is 18.0 Å². The summed E-state index contributed by atoms with van der Waals surface area (Å²) in [5.41, 5.74) is 7.92. The fourth-order valence-electron chi connectivity index (χ4n) is 4.10. The Bertz CT molecular complexity index is 1750.